The third-order valence-corrected chi connectivity index (χ3v) is 2.13. The van der Waals surface area contributed by atoms with Gasteiger partial charge in [0.2, 0.25) is 5.28 Å². The zero-order chi connectivity index (χ0) is 10.7. The van der Waals surface area contributed by atoms with Crippen molar-refractivity contribution in [3.63, 3.8) is 0 Å². The van der Waals surface area contributed by atoms with Gasteiger partial charge in [-0.2, -0.15) is 0 Å². The molecule has 0 atom stereocenters. The van der Waals surface area contributed by atoms with Crippen molar-refractivity contribution < 1.29 is 4.42 Å². The van der Waals surface area contributed by atoms with Gasteiger partial charge in [0.1, 0.15) is 11.6 Å². The Kier molecular flexibility index (Phi) is 2.87. The second-order valence-corrected chi connectivity index (χ2v) is 3.44. The molecule has 0 amide bonds. The lowest BCUT2D eigenvalue weighted by Crippen LogP contribution is -2.03. The third-order valence-electron chi connectivity index (χ3n) is 1.95. The molecule has 0 saturated carbocycles. The monoisotopic (exact) mass is 223 g/mol. The molecule has 0 aliphatic carbocycles. The van der Waals surface area contributed by atoms with Crippen molar-refractivity contribution in [1.29, 1.82) is 0 Å². The molecule has 0 unspecified atom stereocenters. The van der Waals surface area contributed by atoms with Gasteiger partial charge in [-0.1, -0.05) is 0 Å². The second-order valence-electron chi connectivity index (χ2n) is 3.10. The molecular formula is C10H10ClN3O. The van der Waals surface area contributed by atoms with Gasteiger partial charge in [0, 0.05) is 11.8 Å². The van der Waals surface area contributed by atoms with Gasteiger partial charge < -0.3 is 9.73 Å². The first kappa shape index (κ1) is 9.98. The van der Waals surface area contributed by atoms with Gasteiger partial charge in [0.05, 0.1) is 12.8 Å². The Hall–Kier alpha value is -1.55. The van der Waals surface area contributed by atoms with Crippen molar-refractivity contribution in [2.75, 3.05) is 5.32 Å². The number of rotatable bonds is 3. The molecule has 0 saturated heterocycles. The normalized spacial score (nSPS) is 10.3. The fraction of sp³-hybridized carbons (Fsp3) is 0.200. The lowest BCUT2D eigenvalue weighted by atomic mass is 10.3. The summed E-state index contributed by atoms with van der Waals surface area (Å²) in [5, 5.41) is 3.37. The standard InChI is InChI=1S/C10H10ClN3O/c1-7-5-13-10(11)14-9(7)12-6-8-3-2-4-15-8/h2-5H,6H2,1H3,(H,12,13,14). The average Bonchev–Trinajstić information content (AvgIpc) is 2.72. The lowest BCUT2D eigenvalue weighted by Gasteiger charge is -2.06. The van der Waals surface area contributed by atoms with Crippen molar-refractivity contribution in [1.82, 2.24) is 9.97 Å². The van der Waals surface area contributed by atoms with Gasteiger partial charge in [-0.25, -0.2) is 9.97 Å². The van der Waals surface area contributed by atoms with Crippen LogP contribution in [0.4, 0.5) is 5.82 Å². The molecule has 4 nitrogen and oxygen atoms in total. The Balaban J connectivity index is 2.07. The van der Waals surface area contributed by atoms with Crippen LogP contribution in [0.5, 0.6) is 0 Å². The zero-order valence-electron chi connectivity index (χ0n) is 8.20. The molecule has 5 heteroatoms. The van der Waals surface area contributed by atoms with Crippen LogP contribution in [0, 0.1) is 6.92 Å². The van der Waals surface area contributed by atoms with Crippen LogP contribution in [-0.4, -0.2) is 9.97 Å². The molecule has 0 fully saturated rings. The summed E-state index contributed by atoms with van der Waals surface area (Å²) in [5.74, 6) is 1.58. The van der Waals surface area contributed by atoms with Crippen molar-refractivity contribution in [3.8, 4) is 0 Å². The summed E-state index contributed by atoms with van der Waals surface area (Å²) in [6.45, 7) is 2.50. The van der Waals surface area contributed by atoms with E-state index in [4.69, 9.17) is 16.0 Å². The Labute approximate surface area is 92.3 Å². The van der Waals surface area contributed by atoms with E-state index in [-0.39, 0.29) is 5.28 Å². The van der Waals surface area contributed by atoms with Crippen LogP contribution in [0.3, 0.4) is 0 Å². The van der Waals surface area contributed by atoms with Crippen LogP contribution in [0.15, 0.2) is 29.0 Å². The van der Waals surface area contributed by atoms with E-state index in [9.17, 15) is 0 Å². The molecule has 0 bridgehead atoms. The molecule has 0 spiro atoms. The molecule has 1 N–H and O–H groups in total. The summed E-state index contributed by atoms with van der Waals surface area (Å²) >= 11 is 5.69. The van der Waals surface area contributed by atoms with E-state index in [0.29, 0.717) is 6.54 Å². The van der Waals surface area contributed by atoms with Crippen molar-refractivity contribution >= 4 is 17.4 Å². The zero-order valence-corrected chi connectivity index (χ0v) is 8.95. The lowest BCUT2D eigenvalue weighted by molar-refractivity contribution is 0.517. The minimum atomic E-state index is 0.238. The number of nitrogens with one attached hydrogen (secondary N) is 1. The topological polar surface area (TPSA) is 51.0 Å². The molecule has 2 rings (SSSR count). The molecule has 0 radical (unpaired) electrons. The maximum Gasteiger partial charge on any atom is 0.224 e. The molecule has 0 aromatic carbocycles. The highest BCUT2D eigenvalue weighted by Gasteiger charge is 2.02. The third kappa shape index (κ3) is 2.47. The fourth-order valence-electron chi connectivity index (χ4n) is 1.18. The van der Waals surface area contributed by atoms with Crippen molar-refractivity contribution in [3.05, 3.63) is 41.2 Å². The smallest absolute Gasteiger partial charge is 0.224 e. The highest BCUT2D eigenvalue weighted by atomic mass is 35.5. The maximum atomic E-state index is 5.69. The molecule has 2 aromatic rings. The average molecular weight is 224 g/mol. The Morgan fingerprint density at radius 3 is 3.13 bits per heavy atom. The summed E-state index contributed by atoms with van der Waals surface area (Å²) in [5.41, 5.74) is 0.950. The maximum absolute atomic E-state index is 5.69. The molecule has 2 heterocycles. The fourth-order valence-corrected chi connectivity index (χ4v) is 1.32. The first-order chi connectivity index (χ1) is 7.25. The quantitative estimate of drug-likeness (QED) is 0.813. The van der Waals surface area contributed by atoms with Crippen LogP contribution in [0.2, 0.25) is 5.28 Å². The van der Waals surface area contributed by atoms with E-state index in [2.05, 4.69) is 15.3 Å². The first-order valence-corrected chi connectivity index (χ1v) is 4.89. The van der Waals surface area contributed by atoms with Crippen LogP contribution in [0.1, 0.15) is 11.3 Å². The number of aromatic nitrogens is 2. The Morgan fingerprint density at radius 1 is 1.53 bits per heavy atom. The molecule has 78 valence electrons. The highest BCUT2D eigenvalue weighted by molar-refractivity contribution is 6.28. The molecular weight excluding hydrogens is 214 g/mol. The summed E-state index contributed by atoms with van der Waals surface area (Å²) in [7, 11) is 0. The number of furan rings is 1. The predicted molar refractivity (Wildman–Crippen MR) is 57.8 cm³/mol. The van der Waals surface area contributed by atoms with Crippen molar-refractivity contribution in [2.24, 2.45) is 0 Å². The minimum absolute atomic E-state index is 0.238. The number of hydrogen-bond acceptors (Lipinski definition) is 4. The van der Waals surface area contributed by atoms with E-state index < -0.39 is 0 Å². The number of hydrogen-bond donors (Lipinski definition) is 1. The Morgan fingerprint density at radius 2 is 2.40 bits per heavy atom. The van der Waals surface area contributed by atoms with Crippen LogP contribution < -0.4 is 5.32 Å². The van der Waals surface area contributed by atoms with E-state index >= 15 is 0 Å². The summed E-state index contributed by atoms with van der Waals surface area (Å²) < 4.78 is 5.19. The van der Waals surface area contributed by atoms with E-state index in [1.165, 1.54) is 0 Å². The summed E-state index contributed by atoms with van der Waals surface area (Å²) in [6, 6.07) is 3.74. The molecule has 0 aliphatic heterocycles. The van der Waals surface area contributed by atoms with Crippen LogP contribution >= 0.6 is 11.6 Å². The first-order valence-electron chi connectivity index (χ1n) is 4.51. The number of halogens is 1. The Bertz CT molecular complexity index is 442. The van der Waals surface area contributed by atoms with E-state index in [0.717, 1.165) is 17.1 Å². The van der Waals surface area contributed by atoms with Gasteiger partial charge in [-0.15, -0.1) is 0 Å². The van der Waals surface area contributed by atoms with Gasteiger partial charge >= 0.3 is 0 Å². The van der Waals surface area contributed by atoms with Crippen molar-refractivity contribution in [2.45, 2.75) is 13.5 Å². The van der Waals surface area contributed by atoms with Gasteiger partial charge in [0.25, 0.3) is 0 Å². The highest BCUT2D eigenvalue weighted by Crippen LogP contribution is 2.13. The molecule has 0 aliphatic rings. The van der Waals surface area contributed by atoms with Gasteiger partial charge in [-0.3, -0.25) is 0 Å². The SMILES string of the molecule is Cc1cnc(Cl)nc1NCc1ccco1. The summed E-state index contributed by atoms with van der Waals surface area (Å²) in [4.78, 5) is 7.95. The predicted octanol–water partition coefficient (Wildman–Crippen LogP) is 2.64. The van der Waals surface area contributed by atoms with Crippen LogP contribution in [-0.2, 0) is 6.54 Å². The van der Waals surface area contributed by atoms with Crippen LogP contribution in [0.25, 0.3) is 0 Å². The minimum Gasteiger partial charge on any atom is -0.467 e. The molecule has 2 aromatic heterocycles. The van der Waals surface area contributed by atoms with Gasteiger partial charge in [0.15, 0.2) is 0 Å². The summed E-state index contributed by atoms with van der Waals surface area (Å²) in [6.07, 6.45) is 3.32. The number of aryl methyl sites for hydroxylation is 1. The number of anilines is 1. The second kappa shape index (κ2) is 4.31. The van der Waals surface area contributed by atoms with E-state index in [1.54, 1.807) is 12.5 Å². The van der Waals surface area contributed by atoms with Gasteiger partial charge in [-0.05, 0) is 30.7 Å². The molecule has 15 heavy (non-hydrogen) atoms. The number of nitrogens with zero attached hydrogens (tertiary/aromatic N) is 2. The van der Waals surface area contributed by atoms with E-state index in [1.807, 2.05) is 19.1 Å². The largest absolute Gasteiger partial charge is 0.467 e.